The first-order valence-corrected chi connectivity index (χ1v) is 20.4. The minimum atomic E-state index is -1.31. The molecule has 4 aromatic carbocycles. The lowest BCUT2D eigenvalue weighted by Crippen LogP contribution is -2.54. The zero-order valence-corrected chi connectivity index (χ0v) is 29.8. The van der Waals surface area contributed by atoms with E-state index < -0.39 is 32.4 Å². The molecule has 4 aromatic rings. The highest BCUT2D eigenvalue weighted by Gasteiger charge is 2.29. The standard InChI is InChI=1S/C39H49N3O6Si/c1-49(2,3)25-24-45-31-48-37(36(26-32-16-8-4-9-17-32)40-38(43)46-29-34-20-12-6-13-21-34)28-42(27-33-18-10-5-11-19-33)41-39(44)47-30-35-22-14-7-15-23-35/h4-23,36-37H,24-31H2,1-3H3,(H,40,43)(H,41,44)/t36-,37-/m1/s1. The maximum absolute atomic E-state index is 13.3. The number of amides is 2. The predicted molar refractivity (Wildman–Crippen MR) is 194 cm³/mol. The van der Waals surface area contributed by atoms with E-state index in [0.29, 0.717) is 19.6 Å². The minimum absolute atomic E-state index is 0.0266. The summed E-state index contributed by atoms with van der Waals surface area (Å²) in [5.41, 5.74) is 6.67. The maximum atomic E-state index is 13.3. The van der Waals surface area contributed by atoms with Gasteiger partial charge in [0.1, 0.15) is 20.0 Å². The van der Waals surface area contributed by atoms with Gasteiger partial charge in [-0.05, 0) is 34.7 Å². The highest BCUT2D eigenvalue weighted by molar-refractivity contribution is 6.76. The molecular formula is C39H49N3O6Si. The van der Waals surface area contributed by atoms with Crippen molar-refractivity contribution in [2.45, 2.75) is 64.0 Å². The van der Waals surface area contributed by atoms with Gasteiger partial charge in [0.05, 0.1) is 12.1 Å². The summed E-state index contributed by atoms with van der Waals surface area (Å²) < 4.78 is 23.6. The Morgan fingerprint density at radius 2 is 1.16 bits per heavy atom. The quantitative estimate of drug-likeness (QED) is 0.0456. The summed E-state index contributed by atoms with van der Waals surface area (Å²) in [5.74, 6) is 0. The Hall–Kier alpha value is -4.48. The molecule has 2 amide bonds. The van der Waals surface area contributed by atoms with E-state index in [1.54, 1.807) is 5.01 Å². The third-order valence-corrected chi connectivity index (χ3v) is 9.41. The number of carbonyl (C=O) groups excluding carboxylic acids is 2. The Morgan fingerprint density at radius 1 is 0.673 bits per heavy atom. The van der Waals surface area contributed by atoms with E-state index in [1.807, 2.05) is 121 Å². The maximum Gasteiger partial charge on any atom is 0.422 e. The molecule has 0 aliphatic carbocycles. The summed E-state index contributed by atoms with van der Waals surface area (Å²) in [6.45, 7) is 8.33. The fourth-order valence-corrected chi connectivity index (χ4v) is 5.74. The van der Waals surface area contributed by atoms with Crippen LogP contribution in [0.4, 0.5) is 9.59 Å². The van der Waals surface area contributed by atoms with Crippen LogP contribution in [0.5, 0.6) is 0 Å². The second kappa shape index (κ2) is 20.1. The van der Waals surface area contributed by atoms with E-state index in [4.69, 9.17) is 18.9 Å². The third kappa shape index (κ3) is 15.1. The number of ether oxygens (including phenoxy) is 4. The average molecular weight is 684 g/mol. The van der Waals surface area contributed by atoms with Crippen molar-refractivity contribution in [1.82, 2.24) is 15.8 Å². The van der Waals surface area contributed by atoms with E-state index in [1.165, 1.54) is 0 Å². The largest absolute Gasteiger partial charge is 0.445 e. The van der Waals surface area contributed by atoms with Crippen LogP contribution >= 0.6 is 0 Å². The number of benzene rings is 4. The number of carbonyl (C=O) groups is 2. The van der Waals surface area contributed by atoms with Crippen LogP contribution in [-0.2, 0) is 45.1 Å². The van der Waals surface area contributed by atoms with Gasteiger partial charge in [-0.15, -0.1) is 0 Å². The normalized spacial score (nSPS) is 12.6. The van der Waals surface area contributed by atoms with Gasteiger partial charge in [-0.1, -0.05) is 141 Å². The number of rotatable bonds is 19. The molecule has 0 heterocycles. The molecule has 260 valence electrons. The van der Waals surface area contributed by atoms with Gasteiger partial charge < -0.3 is 24.3 Å². The average Bonchev–Trinajstić information content (AvgIpc) is 3.10. The lowest BCUT2D eigenvalue weighted by molar-refractivity contribution is -0.107. The molecule has 0 bridgehead atoms. The van der Waals surface area contributed by atoms with Crippen LogP contribution in [0, 0.1) is 0 Å². The first-order valence-electron chi connectivity index (χ1n) is 16.7. The van der Waals surface area contributed by atoms with Crippen LogP contribution in [0.2, 0.25) is 25.7 Å². The topological polar surface area (TPSA) is 98.4 Å². The summed E-state index contributed by atoms with van der Waals surface area (Å²) in [5, 5.41) is 4.82. The first-order chi connectivity index (χ1) is 23.7. The van der Waals surface area contributed by atoms with E-state index in [0.717, 1.165) is 28.3 Å². The lowest BCUT2D eigenvalue weighted by Gasteiger charge is -2.33. The van der Waals surface area contributed by atoms with E-state index in [-0.39, 0.29) is 26.6 Å². The molecule has 4 rings (SSSR count). The van der Waals surface area contributed by atoms with E-state index in [9.17, 15) is 9.59 Å². The summed E-state index contributed by atoms with van der Waals surface area (Å²) in [4.78, 5) is 26.4. The van der Waals surface area contributed by atoms with Crippen molar-refractivity contribution < 1.29 is 28.5 Å². The Morgan fingerprint density at radius 3 is 1.69 bits per heavy atom. The number of nitrogens with one attached hydrogen (secondary N) is 2. The molecule has 0 aliphatic rings. The predicted octanol–water partition coefficient (Wildman–Crippen LogP) is 7.57. The van der Waals surface area contributed by atoms with Crippen molar-refractivity contribution in [3.8, 4) is 0 Å². The number of hydrazine groups is 1. The molecule has 0 aromatic heterocycles. The fourth-order valence-electron chi connectivity index (χ4n) is 4.98. The third-order valence-electron chi connectivity index (χ3n) is 7.70. The van der Waals surface area contributed by atoms with Crippen molar-refractivity contribution in [2.24, 2.45) is 0 Å². The van der Waals surface area contributed by atoms with Gasteiger partial charge in [0, 0.05) is 27.8 Å². The monoisotopic (exact) mass is 683 g/mol. The second-order valence-electron chi connectivity index (χ2n) is 13.1. The number of alkyl carbamates (subject to hydrolysis) is 1. The molecule has 0 aliphatic heterocycles. The van der Waals surface area contributed by atoms with Crippen LogP contribution in [0.25, 0.3) is 0 Å². The van der Waals surface area contributed by atoms with Crippen molar-refractivity contribution in [3.63, 3.8) is 0 Å². The zero-order valence-electron chi connectivity index (χ0n) is 28.8. The number of hydrogen-bond donors (Lipinski definition) is 2. The molecule has 2 N–H and O–H groups in total. The van der Waals surface area contributed by atoms with Crippen molar-refractivity contribution in [1.29, 1.82) is 0 Å². The molecule has 0 spiro atoms. The summed E-state index contributed by atoms with van der Waals surface area (Å²) in [6, 6.07) is 39.2. The Balaban J connectivity index is 1.54. The van der Waals surface area contributed by atoms with Gasteiger partial charge in [0.15, 0.2) is 0 Å². The molecule has 0 unspecified atom stereocenters. The molecule has 0 saturated carbocycles. The summed E-state index contributed by atoms with van der Waals surface area (Å²) in [6.07, 6.45) is -1.32. The summed E-state index contributed by atoms with van der Waals surface area (Å²) >= 11 is 0. The molecule has 0 radical (unpaired) electrons. The van der Waals surface area contributed by atoms with Crippen LogP contribution in [-0.4, -0.2) is 57.4 Å². The van der Waals surface area contributed by atoms with Gasteiger partial charge in [-0.3, -0.25) is 5.43 Å². The zero-order chi connectivity index (χ0) is 34.7. The lowest BCUT2D eigenvalue weighted by atomic mass is 10.0. The Labute approximate surface area is 291 Å². The molecule has 9 nitrogen and oxygen atoms in total. The minimum Gasteiger partial charge on any atom is -0.445 e. The van der Waals surface area contributed by atoms with Gasteiger partial charge >= 0.3 is 12.2 Å². The summed E-state index contributed by atoms with van der Waals surface area (Å²) in [7, 11) is -1.31. The number of nitrogens with zero attached hydrogens (tertiary/aromatic N) is 1. The SMILES string of the molecule is C[Si](C)(C)CCOCO[C@H](CN(Cc1ccccc1)NC(=O)OCc1ccccc1)[C@@H](Cc1ccccc1)NC(=O)OCc1ccccc1. The van der Waals surface area contributed by atoms with Crippen molar-refractivity contribution >= 4 is 20.3 Å². The second-order valence-corrected chi connectivity index (χ2v) is 18.7. The molecule has 0 fully saturated rings. The van der Waals surface area contributed by atoms with Gasteiger partial charge in [0.2, 0.25) is 0 Å². The molecule has 49 heavy (non-hydrogen) atoms. The van der Waals surface area contributed by atoms with Crippen molar-refractivity contribution in [2.75, 3.05) is 19.9 Å². The molecular weight excluding hydrogens is 635 g/mol. The Kier molecular flexibility index (Phi) is 15.3. The molecule has 10 heteroatoms. The highest BCUT2D eigenvalue weighted by atomic mass is 28.3. The first kappa shape index (κ1) is 37.3. The van der Waals surface area contributed by atoms with Crippen LogP contribution in [0.3, 0.4) is 0 Å². The Bertz CT molecular complexity index is 1510. The smallest absolute Gasteiger partial charge is 0.422 e. The number of hydrogen-bond acceptors (Lipinski definition) is 7. The van der Waals surface area contributed by atoms with E-state index in [2.05, 4.69) is 30.4 Å². The van der Waals surface area contributed by atoms with Gasteiger partial charge in [-0.2, -0.15) is 0 Å². The van der Waals surface area contributed by atoms with Crippen LogP contribution in [0.1, 0.15) is 22.3 Å². The highest BCUT2D eigenvalue weighted by Crippen LogP contribution is 2.15. The molecule has 0 saturated heterocycles. The fraction of sp³-hybridized carbons (Fsp3) is 0.333. The van der Waals surface area contributed by atoms with Crippen LogP contribution < -0.4 is 10.7 Å². The van der Waals surface area contributed by atoms with Gasteiger partial charge in [-0.25, -0.2) is 14.6 Å². The molecule has 2 atom stereocenters. The van der Waals surface area contributed by atoms with Crippen LogP contribution in [0.15, 0.2) is 121 Å². The van der Waals surface area contributed by atoms with E-state index >= 15 is 0 Å². The van der Waals surface area contributed by atoms with Crippen molar-refractivity contribution in [3.05, 3.63) is 144 Å². The van der Waals surface area contributed by atoms with Gasteiger partial charge in [0.25, 0.3) is 0 Å².